The third kappa shape index (κ3) is 4.82. The predicted octanol–water partition coefficient (Wildman–Crippen LogP) is 2.90. The second kappa shape index (κ2) is 9.67. The molecule has 30 heavy (non-hydrogen) atoms. The van der Waals surface area contributed by atoms with Gasteiger partial charge in [-0.15, -0.1) is 12.4 Å². The lowest BCUT2D eigenvalue weighted by Gasteiger charge is -2.07. The zero-order chi connectivity index (χ0) is 20.1. The van der Waals surface area contributed by atoms with Gasteiger partial charge in [0.15, 0.2) is 5.82 Å². The molecule has 3 heterocycles. The lowest BCUT2D eigenvalue weighted by Crippen LogP contribution is -2.25. The van der Waals surface area contributed by atoms with Crippen molar-refractivity contribution in [1.82, 2.24) is 25.1 Å². The molecule has 0 saturated heterocycles. The van der Waals surface area contributed by atoms with Gasteiger partial charge in [0, 0.05) is 36.9 Å². The maximum absolute atomic E-state index is 12.7. The molecule has 8 heteroatoms. The van der Waals surface area contributed by atoms with Crippen molar-refractivity contribution >= 4 is 18.3 Å². The Kier molecular flexibility index (Phi) is 6.77. The number of nitrogens with one attached hydrogen (secondary N) is 2. The molecule has 4 rings (SSSR count). The van der Waals surface area contributed by atoms with Crippen molar-refractivity contribution in [2.75, 3.05) is 0 Å². The number of carbonyl (C=O) groups excluding carboxylic acids is 1. The van der Waals surface area contributed by atoms with E-state index < -0.39 is 0 Å². The number of H-pyrrole nitrogens is 1. The first kappa shape index (κ1) is 21.0. The third-order valence-corrected chi connectivity index (χ3v) is 4.48. The molecule has 1 aromatic carbocycles. The Balaban J connectivity index is 0.00000256. The van der Waals surface area contributed by atoms with Crippen LogP contribution in [0.5, 0.6) is 0 Å². The largest absolute Gasteiger partial charge is 0.352 e. The van der Waals surface area contributed by atoms with E-state index in [4.69, 9.17) is 0 Å². The minimum absolute atomic E-state index is 0. The molecular weight excluding hydrogens is 402 g/mol. The third-order valence-electron chi connectivity index (χ3n) is 4.48. The summed E-state index contributed by atoms with van der Waals surface area (Å²) in [7, 11) is 0. The van der Waals surface area contributed by atoms with Crippen LogP contribution in [0.3, 0.4) is 0 Å². The highest BCUT2D eigenvalue weighted by Gasteiger charge is 2.11. The molecule has 1 amide bonds. The first-order valence-corrected chi connectivity index (χ1v) is 9.17. The van der Waals surface area contributed by atoms with E-state index in [1.165, 1.54) is 4.68 Å². The molecule has 0 unspecified atom stereocenters. The van der Waals surface area contributed by atoms with E-state index in [2.05, 4.69) is 20.4 Å². The number of amides is 1. The first-order chi connectivity index (χ1) is 14.2. The number of halogens is 1. The summed E-state index contributed by atoms with van der Waals surface area (Å²) in [4.78, 5) is 33.2. The number of rotatable bonds is 6. The van der Waals surface area contributed by atoms with Crippen molar-refractivity contribution < 1.29 is 4.79 Å². The molecule has 0 fully saturated rings. The zero-order valence-corrected chi connectivity index (χ0v) is 16.8. The van der Waals surface area contributed by atoms with Gasteiger partial charge in [-0.25, -0.2) is 9.67 Å². The highest BCUT2D eigenvalue weighted by molar-refractivity contribution is 5.85. The molecule has 0 aliphatic heterocycles. The van der Waals surface area contributed by atoms with Crippen LogP contribution in [0, 0.1) is 0 Å². The average Bonchev–Trinajstić information content (AvgIpc) is 3.15. The normalized spacial score (nSPS) is 10.3. The molecule has 0 aliphatic rings. The first-order valence-electron chi connectivity index (χ1n) is 9.17. The van der Waals surface area contributed by atoms with Crippen molar-refractivity contribution in [2.24, 2.45) is 0 Å². The van der Waals surface area contributed by atoms with E-state index in [0.717, 1.165) is 16.7 Å². The molecule has 7 nitrogen and oxygen atoms in total. The smallest absolute Gasteiger partial charge is 0.280 e. The van der Waals surface area contributed by atoms with Gasteiger partial charge in [0.05, 0.1) is 12.0 Å². The minimum Gasteiger partial charge on any atom is -0.352 e. The fourth-order valence-corrected chi connectivity index (χ4v) is 3.01. The molecule has 152 valence electrons. The number of hydrogen-bond donors (Lipinski definition) is 2. The van der Waals surface area contributed by atoms with Gasteiger partial charge in [-0.05, 0) is 29.3 Å². The SMILES string of the molecule is Cl.O=C(Cc1ccccc1)NCc1ccnc(-n2[nH]cc(-c3cccnc3)c2=O)c1. The lowest BCUT2D eigenvalue weighted by molar-refractivity contribution is -0.120. The minimum atomic E-state index is -0.212. The Morgan fingerprint density at radius 3 is 2.63 bits per heavy atom. The molecule has 0 aliphatic carbocycles. The van der Waals surface area contributed by atoms with Crippen LogP contribution in [-0.2, 0) is 17.8 Å². The van der Waals surface area contributed by atoms with E-state index in [1.807, 2.05) is 42.5 Å². The van der Waals surface area contributed by atoms with E-state index in [0.29, 0.717) is 24.3 Å². The number of benzene rings is 1. The van der Waals surface area contributed by atoms with Crippen LogP contribution >= 0.6 is 12.4 Å². The van der Waals surface area contributed by atoms with Gasteiger partial charge >= 0.3 is 0 Å². The summed E-state index contributed by atoms with van der Waals surface area (Å²) in [6.07, 6.45) is 6.87. The number of nitrogens with zero attached hydrogens (tertiary/aromatic N) is 3. The van der Waals surface area contributed by atoms with Crippen LogP contribution in [0.4, 0.5) is 0 Å². The fraction of sp³-hybridized carbons (Fsp3) is 0.0909. The molecule has 2 N–H and O–H groups in total. The molecule has 0 atom stereocenters. The lowest BCUT2D eigenvalue weighted by atomic mass is 10.1. The second-order valence-electron chi connectivity index (χ2n) is 6.53. The van der Waals surface area contributed by atoms with Gasteiger partial charge < -0.3 is 5.32 Å². The van der Waals surface area contributed by atoms with Gasteiger partial charge in [-0.1, -0.05) is 36.4 Å². The topological polar surface area (TPSA) is 92.7 Å². The van der Waals surface area contributed by atoms with Crippen LogP contribution in [0.15, 0.2) is 84.2 Å². The van der Waals surface area contributed by atoms with Crippen molar-refractivity contribution in [1.29, 1.82) is 0 Å². The van der Waals surface area contributed by atoms with Crippen LogP contribution < -0.4 is 10.9 Å². The Hall–Kier alpha value is -3.71. The predicted molar refractivity (Wildman–Crippen MR) is 117 cm³/mol. The van der Waals surface area contributed by atoms with Crippen LogP contribution in [-0.4, -0.2) is 25.7 Å². The van der Waals surface area contributed by atoms with Gasteiger partial charge in [-0.2, -0.15) is 0 Å². The summed E-state index contributed by atoms with van der Waals surface area (Å²) in [5.74, 6) is 0.394. The molecule has 4 aromatic rings. The Bertz CT molecular complexity index is 1170. The van der Waals surface area contributed by atoms with E-state index >= 15 is 0 Å². The summed E-state index contributed by atoms with van der Waals surface area (Å²) in [5, 5.41) is 5.84. The zero-order valence-electron chi connectivity index (χ0n) is 16.0. The Morgan fingerprint density at radius 2 is 1.87 bits per heavy atom. The van der Waals surface area contributed by atoms with Gasteiger partial charge in [-0.3, -0.25) is 19.7 Å². The summed E-state index contributed by atoms with van der Waals surface area (Å²) in [6, 6.07) is 16.8. The van der Waals surface area contributed by atoms with E-state index in [9.17, 15) is 9.59 Å². The summed E-state index contributed by atoms with van der Waals surface area (Å²) in [6.45, 7) is 0.353. The van der Waals surface area contributed by atoms with Crippen molar-refractivity contribution in [2.45, 2.75) is 13.0 Å². The van der Waals surface area contributed by atoms with Crippen LogP contribution in [0.25, 0.3) is 16.9 Å². The number of hydrogen-bond acceptors (Lipinski definition) is 4. The molecule has 0 saturated carbocycles. The van der Waals surface area contributed by atoms with E-state index in [-0.39, 0.29) is 23.9 Å². The summed E-state index contributed by atoms with van der Waals surface area (Å²) < 4.78 is 1.37. The highest BCUT2D eigenvalue weighted by Crippen LogP contribution is 2.14. The highest BCUT2D eigenvalue weighted by atomic mass is 35.5. The quantitative estimate of drug-likeness (QED) is 0.500. The molecule has 0 spiro atoms. The summed E-state index contributed by atoms with van der Waals surface area (Å²) >= 11 is 0. The number of aromatic nitrogens is 4. The maximum Gasteiger partial charge on any atom is 0.280 e. The standard InChI is InChI=1S/C22H19N5O2.ClH/c28-21(12-16-5-2-1-3-6-16)25-13-17-8-10-24-20(11-17)27-22(29)19(15-26-27)18-7-4-9-23-14-18;/h1-11,14-15,26H,12-13H2,(H,25,28);1H. The monoisotopic (exact) mass is 421 g/mol. The van der Waals surface area contributed by atoms with Gasteiger partial charge in [0.25, 0.3) is 5.56 Å². The van der Waals surface area contributed by atoms with Crippen LogP contribution in [0.1, 0.15) is 11.1 Å². The number of pyridine rings is 2. The van der Waals surface area contributed by atoms with Gasteiger partial charge in [0.1, 0.15) is 0 Å². The number of aromatic amines is 1. The molecule has 3 aromatic heterocycles. The average molecular weight is 422 g/mol. The Labute approximate surface area is 179 Å². The second-order valence-corrected chi connectivity index (χ2v) is 6.53. The van der Waals surface area contributed by atoms with Crippen LogP contribution in [0.2, 0.25) is 0 Å². The van der Waals surface area contributed by atoms with Crippen molar-refractivity contribution in [3.05, 3.63) is 101 Å². The van der Waals surface area contributed by atoms with Crippen molar-refractivity contribution in [3.8, 4) is 16.9 Å². The Morgan fingerprint density at radius 1 is 1.03 bits per heavy atom. The number of carbonyl (C=O) groups is 1. The molecule has 0 radical (unpaired) electrons. The maximum atomic E-state index is 12.7. The van der Waals surface area contributed by atoms with Gasteiger partial charge in [0.2, 0.25) is 5.91 Å². The molecular formula is C22H20ClN5O2. The fourth-order valence-electron chi connectivity index (χ4n) is 3.01. The molecule has 0 bridgehead atoms. The van der Waals surface area contributed by atoms with Crippen molar-refractivity contribution in [3.63, 3.8) is 0 Å². The van der Waals surface area contributed by atoms with E-state index in [1.54, 1.807) is 36.9 Å². The summed E-state index contributed by atoms with van der Waals surface area (Å²) in [5.41, 5.74) is 2.84.